The molecule has 0 amide bonds. The van der Waals surface area contributed by atoms with Crippen molar-refractivity contribution in [2.45, 2.75) is 125 Å². The van der Waals surface area contributed by atoms with E-state index >= 15 is 0 Å². The Morgan fingerprint density at radius 3 is 0.867 bits per heavy atom. The highest BCUT2D eigenvalue weighted by Crippen LogP contribution is 2.21. The van der Waals surface area contributed by atoms with Crippen LogP contribution in [0.25, 0.3) is 43.4 Å². The van der Waals surface area contributed by atoms with Crippen LogP contribution in [0.4, 0.5) is 0 Å². The molecule has 0 nitrogen and oxygen atoms in total. The number of hydrogen-bond acceptors (Lipinski definition) is 0. The molecule has 8 rings (SSSR count). The van der Waals surface area contributed by atoms with Crippen LogP contribution in [0.2, 0.25) is 0 Å². The van der Waals surface area contributed by atoms with Gasteiger partial charge in [-0.05, 0) is 104 Å². The zero-order chi connectivity index (χ0) is 45.6. The van der Waals surface area contributed by atoms with Crippen molar-refractivity contribution in [2.75, 3.05) is 0 Å². The summed E-state index contributed by atoms with van der Waals surface area (Å²) in [6, 6.07) is 56.5. The first-order chi connectivity index (χ1) is 29.0. The Hall–Kier alpha value is -5.46. The second-order valence-corrected chi connectivity index (χ2v) is 13.7. The summed E-state index contributed by atoms with van der Waals surface area (Å²) in [6.45, 7) is 37.0. The van der Waals surface area contributed by atoms with Crippen molar-refractivity contribution < 1.29 is 0 Å². The Labute approximate surface area is 368 Å². The van der Waals surface area contributed by atoms with Gasteiger partial charge in [0.05, 0.1) is 0 Å². The number of aryl methyl sites for hydroxylation is 8. The Morgan fingerprint density at radius 2 is 0.500 bits per heavy atom. The third kappa shape index (κ3) is 19.1. The Morgan fingerprint density at radius 1 is 0.217 bits per heavy atom. The van der Waals surface area contributed by atoms with Gasteiger partial charge in [-0.1, -0.05) is 266 Å². The summed E-state index contributed by atoms with van der Waals surface area (Å²) in [7, 11) is 0. The lowest BCUT2D eigenvalue weighted by molar-refractivity contribution is 1.45. The topological polar surface area (TPSA) is 0 Å². The van der Waals surface area contributed by atoms with E-state index < -0.39 is 0 Å². The second kappa shape index (κ2) is 31.5. The van der Waals surface area contributed by atoms with E-state index in [2.05, 4.69) is 213 Å². The maximum atomic E-state index is 2.22. The summed E-state index contributed by atoms with van der Waals surface area (Å²) in [6.07, 6.45) is 0. The lowest BCUT2D eigenvalue weighted by Gasteiger charge is -2.02. The van der Waals surface area contributed by atoms with Gasteiger partial charge >= 0.3 is 0 Å². The SMILES string of the molecule is CC.CC.CC.CC.CC.Cc1ccc(-c2ccc(C)cc2)cc1.Cc1ccc2c(C)cccc2c1.Cc1ccc2cc(C)ccc2c1.Cc1ccc2ccc(C)cc2c1. The van der Waals surface area contributed by atoms with Crippen LogP contribution in [0.3, 0.4) is 0 Å². The molecule has 0 aliphatic rings. The molecule has 0 aromatic heterocycles. The van der Waals surface area contributed by atoms with Crippen molar-refractivity contribution in [1.29, 1.82) is 0 Å². The monoisotopic (exact) mass is 801 g/mol. The fourth-order valence-corrected chi connectivity index (χ4v) is 6.03. The van der Waals surface area contributed by atoms with Gasteiger partial charge in [0.1, 0.15) is 0 Å². The van der Waals surface area contributed by atoms with Gasteiger partial charge in [-0.2, -0.15) is 0 Å². The van der Waals surface area contributed by atoms with Crippen LogP contribution in [0.15, 0.2) is 158 Å². The van der Waals surface area contributed by atoms with Crippen molar-refractivity contribution >= 4 is 32.3 Å². The molecular weight excluding hydrogens is 721 g/mol. The van der Waals surface area contributed by atoms with Crippen molar-refractivity contribution in [1.82, 2.24) is 0 Å². The summed E-state index contributed by atoms with van der Waals surface area (Å²) in [4.78, 5) is 0. The lowest BCUT2D eigenvalue weighted by Crippen LogP contribution is -1.78. The molecule has 0 atom stereocenters. The van der Waals surface area contributed by atoms with E-state index in [4.69, 9.17) is 0 Å². The van der Waals surface area contributed by atoms with Crippen LogP contribution in [-0.2, 0) is 0 Å². The minimum absolute atomic E-state index is 1.29. The molecule has 8 aromatic rings. The normalized spacial score (nSPS) is 9.17. The molecule has 0 aliphatic heterocycles. The van der Waals surface area contributed by atoms with E-state index in [1.54, 1.807) is 0 Å². The van der Waals surface area contributed by atoms with Crippen molar-refractivity contribution in [2.24, 2.45) is 0 Å². The zero-order valence-electron chi connectivity index (χ0n) is 41.0. The van der Waals surface area contributed by atoms with Gasteiger partial charge in [-0.25, -0.2) is 0 Å². The first kappa shape index (κ1) is 54.5. The summed E-state index contributed by atoms with van der Waals surface area (Å²) in [5, 5.41) is 8.04. The van der Waals surface area contributed by atoms with Gasteiger partial charge in [0.15, 0.2) is 0 Å². The highest BCUT2D eigenvalue weighted by molar-refractivity contribution is 5.86. The minimum Gasteiger partial charge on any atom is -0.0683 e. The third-order valence-electron chi connectivity index (χ3n) is 8.99. The van der Waals surface area contributed by atoms with Gasteiger partial charge in [0.25, 0.3) is 0 Å². The molecule has 0 saturated carbocycles. The van der Waals surface area contributed by atoms with Crippen LogP contribution >= 0.6 is 0 Å². The van der Waals surface area contributed by atoms with Crippen LogP contribution in [-0.4, -0.2) is 0 Å². The zero-order valence-corrected chi connectivity index (χ0v) is 41.0. The highest BCUT2D eigenvalue weighted by Gasteiger charge is 1.97. The van der Waals surface area contributed by atoms with Crippen LogP contribution in [0.1, 0.15) is 114 Å². The molecule has 0 bridgehead atoms. The summed E-state index contributed by atoms with van der Waals surface area (Å²) in [5.74, 6) is 0. The molecule has 0 fully saturated rings. The van der Waals surface area contributed by atoms with Crippen molar-refractivity contribution in [3.8, 4) is 11.1 Å². The van der Waals surface area contributed by atoms with Gasteiger partial charge in [0.2, 0.25) is 0 Å². The molecular formula is C60H80. The molecule has 0 radical (unpaired) electrons. The number of hydrogen-bond donors (Lipinski definition) is 0. The fraction of sp³-hybridized carbons (Fsp3) is 0.300. The van der Waals surface area contributed by atoms with E-state index in [9.17, 15) is 0 Å². The molecule has 0 saturated heterocycles. The number of fused-ring (bicyclic) bond motifs is 3. The molecule has 8 aromatic carbocycles. The van der Waals surface area contributed by atoms with E-state index in [0.717, 1.165) is 0 Å². The molecule has 320 valence electrons. The first-order valence-electron chi connectivity index (χ1n) is 22.6. The van der Waals surface area contributed by atoms with Crippen LogP contribution in [0.5, 0.6) is 0 Å². The van der Waals surface area contributed by atoms with Crippen molar-refractivity contribution in [3.05, 3.63) is 202 Å². The quantitative estimate of drug-likeness (QED) is 0.155. The molecule has 0 spiro atoms. The summed E-state index contributed by atoms with van der Waals surface area (Å²) in [5.41, 5.74) is 13.2. The number of benzene rings is 8. The molecule has 0 unspecified atom stereocenters. The van der Waals surface area contributed by atoms with E-state index in [-0.39, 0.29) is 0 Å². The summed E-state index contributed by atoms with van der Waals surface area (Å²) >= 11 is 0. The fourth-order valence-electron chi connectivity index (χ4n) is 6.03. The molecule has 0 heterocycles. The Bertz CT molecular complexity index is 2190. The minimum atomic E-state index is 1.29. The highest BCUT2D eigenvalue weighted by atomic mass is 14.0. The van der Waals surface area contributed by atoms with Crippen molar-refractivity contribution in [3.63, 3.8) is 0 Å². The second-order valence-electron chi connectivity index (χ2n) is 13.7. The molecule has 0 heteroatoms. The third-order valence-corrected chi connectivity index (χ3v) is 8.99. The Balaban J connectivity index is 0.000000723. The maximum Gasteiger partial charge on any atom is -0.0155 e. The van der Waals surface area contributed by atoms with E-state index in [0.29, 0.717) is 0 Å². The summed E-state index contributed by atoms with van der Waals surface area (Å²) < 4.78 is 0. The average molecular weight is 801 g/mol. The maximum absolute atomic E-state index is 2.22. The number of rotatable bonds is 1. The van der Waals surface area contributed by atoms with E-state index in [1.165, 1.54) is 88.0 Å². The predicted octanol–water partition coefficient (Wildman–Crippen LogP) is 19.5. The lowest BCUT2D eigenvalue weighted by atomic mass is 10.0. The average Bonchev–Trinajstić information content (AvgIpc) is 3.28. The molecule has 0 aliphatic carbocycles. The van der Waals surface area contributed by atoms with Gasteiger partial charge in [-0.3, -0.25) is 0 Å². The van der Waals surface area contributed by atoms with Gasteiger partial charge in [-0.15, -0.1) is 0 Å². The standard InChI is InChI=1S/C14H14.3C12H12.5C2H6/c1-11-3-7-13(8-4-11)14-9-5-12(2)6-10-14;1-9-3-5-12-8-10(2)4-6-11(12)7-9;1-9-3-5-11-6-4-10(2)8-12(11)7-9;1-9-6-7-12-10(2)4-3-5-11(12)8-9;5*1-2/h3-10H,1-2H3;3*3-8H,1-2H3;5*1-2H3. The van der Waals surface area contributed by atoms with Crippen LogP contribution < -0.4 is 0 Å². The first-order valence-corrected chi connectivity index (χ1v) is 22.6. The largest absolute Gasteiger partial charge is 0.0683 e. The van der Waals surface area contributed by atoms with Gasteiger partial charge < -0.3 is 0 Å². The molecule has 0 N–H and O–H groups in total. The smallest absolute Gasteiger partial charge is 0.0155 e. The molecule has 60 heavy (non-hydrogen) atoms. The predicted molar refractivity (Wildman–Crippen MR) is 278 cm³/mol. The van der Waals surface area contributed by atoms with Crippen LogP contribution in [0, 0.1) is 55.4 Å². The van der Waals surface area contributed by atoms with E-state index in [1.807, 2.05) is 69.2 Å². The van der Waals surface area contributed by atoms with Gasteiger partial charge in [0, 0.05) is 0 Å². The Kier molecular flexibility index (Phi) is 28.6.